The monoisotopic (exact) mass is 216 g/mol. The molecular weight excluding hydrogens is 200 g/mol. The van der Waals surface area contributed by atoms with Crippen LogP contribution in [0.2, 0.25) is 0 Å². The molecule has 0 aromatic heterocycles. The molecule has 64 valence electrons. The van der Waals surface area contributed by atoms with Gasteiger partial charge in [0.2, 0.25) is 0 Å². The topological polar surface area (TPSA) is 0 Å². The smallest absolute Gasteiger partial charge is 0.0103 e. The molecule has 0 saturated heterocycles. The van der Waals surface area contributed by atoms with Gasteiger partial charge in [0.05, 0.1) is 0 Å². The van der Waals surface area contributed by atoms with Crippen LogP contribution in [0, 0.1) is 0 Å². The predicted molar refractivity (Wildman–Crippen MR) is 58.0 cm³/mol. The lowest BCUT2D eigenvalue weighted by Crippen LogP contribution is -1.63. The largest absolute Gasteiger partial charge is 0.0847 e. The summed E-state index contributed by atoms with van der Waals surface area (Å²) in [7, 11) is 0. The molecule has 1 heteroatoms. The van der Waals surface area contributed by atoms with Crippen molar-refractivity contribution in [2.45, 2.75) is 27.7 Å². The third-order valence-electron chi connectivity index (χ3n) is 0.982. The Morgan fingerprint density at radius 2 is 1.73 bits per heavy atom. The van der Waals surface area contributed by atoms with E-state index in [0.29, 0.717) is 0 Å². The fraction of sp³-hybridized carbons (Fsp3) is 0.400. The second-order valence-corrected chi connectivity index (χ2v) is 2.83. The molecule has 0 rings (SSSR count). The van der Waals surface area contributed by atoms with Crippen LogP contribution in [0.3, 0.4) is 0 Å². The van der Waals surface area contributed by atoms with Crippen LogP contribution in [0.5, 0.6) is 0 Å². The Hall–Kier alpha value is -0.300. The summed E-state index contributed by atoms with van der Waals surface area (Å²) in [4.78, 5) is 0. The third-order valence-corrected chi connectivity index (χ3v) is 1.25. The van der Waals surface area contributed by atoms with Gasteiger partial charge in [-0.15, -0.1) is 0 Å². The summed E-state index contributed by atoms with van der Waals surface area (Å²) in [6, 6.07) is 0. The van der Waals surface area contributed by atoms with Gasteiger partial charge in [0.25, 0.3) is 0 Å². The highest BCUT2D eigenvalue weighted by Gasteiger charge is 1.77. The lowest BCUT2D eigenvalue weighted by atomic mass is 10.3. The van der Waals surface area contributed by atoms with Crippen molar-refractivity contribution in [1.29, 1.82) is 0 Å². The van der Waals surface area contributed by atoms with Gasteiger partial charge in [-0.2, -0.15) is 0 Å². The highest BCUT2D eigenvalue weighted by molar-refractivity contribution is 9.11. The van der Waals surface area contributed by atoms with Gasteiger partial charge in [-0.1, -0.05) is 54.1 Å². The van der Waals surface area contributed by atoms with Crippen molar-refractivity contribution in [2.24, 2.45) is 0 Å². The molecule has 0 spiro atoms. The van der Waals surface area contributed by atoms with Gasteiger partial charge in [0.1, 0.15) is 0 Å². The minimum absolute atomic E-state index is 0.906. The normalized spacial score (nSPS) is 10.8. The van der Waals surface area contributed by atoms with Crippen molar-refractivity contribution in [1.82, 2.24) is 0 Å². The second kappa shape index (κ2) is 9.70. The molecule has 0 aromatic rings. The van der Waals surface area contributed by atoms with Crippen LogP contribution in [0.25, 0.3) is 0 Å². The summed E-state index contributed by atoms with van der Waals surface area (Å²) in [6.07, 6.45) is 5.98. The van der Waals surface area contributed by atoms with E-state index in [1.165, 1.54) is 5.57 Å². The van der Waals surface area contributed by atoms with E-state index in [-0.39, 0.29) is 0 Å². The van der Waals surface area contributed by atoms with E-state index in [2.05, 4.69) is 22.5 Å². The van der Waals surface area contributed by atoms with E-state index < -0.39 is 0 Å². The average molecular weight is 217 g/mol. The highest BCUT2D eigenvalue weighted by atomic mass is 79.9. The van der Waals surface area contributed by atoms with Crippen LogP contribution < -0.4 is 0 Å². The molecule has 0 aromatic carbocycles. The van der Waals surface area contributed by atoms with Crippen molar-refractivity contribution in [3.8, 4) is 0 Å². The highest BCUT2D eigenvalue weighted by Crippen LogP contribution is 2.04. The van der Waals surface area contributed by atoms with E-state index in [1.54, 1.807) is 0 Å². The average Bonchev–Trinajstić information content (AvgIpc) is 2.04. The molecule has 0 saturated carbocycles. The molecule has 0 heterocycles. The number of rotatable bonds is 2. The minimum atomic E-state index is 0.906. The standard InChI is InChI=1S/C8H11Br.C2H6/c1-4-7(2)5-6-8(3)9;1-2/h4-6H,3H2,1-2H3;1-2H3/b6-5-,7-4-;. The van der Waals surface area contributed by atoms with Gasteiger partial charge in [-0.3, -0.25) is 0 Å². The van der Waals surface area contributed by atoms with Gasteiger partial charge in [0, 0.05) is 4.48 Å². The quantitative estimate of drug-likeness (QED) is 0.599. The van der Waals surface area contributed by atoms with E-state index in [4.69, 9.17) is 0 Å². The Morgan fingerprint density at radius 1 is 1.27 bits per heavy atom. The third kappa shape index (κ3) is 12.8. The molecular formula is C10H17Br. The Labute approximate surface area is 78.8 Å². The summed E-state index contributed by atoms with van der Waals surface area (Å²) in [5.41, 5.74) is 1.25. The second-order valence-electron chi connectivity index (χ2n) is 1.81. The summed E-state index contributed by atoms with van der Waals surface area (Å²) >= 11 is 3.22. The van der Waals surface area contributed by atoms with E-state index >= 15 is 0 Å². The van der Waals surface area contributed by atoms with Crippen molar-refractivity contribution in [2.75, 3.05) is 0 Å². The molecule has 0 aliphatic heterocycles. The van der Waals surface area contributed by atoms with Gasteiger partial charge < -0.3 is 0 Å². The fourth-order valence-corrected chi connectivity index (χ4v) is 0.450. The van der Waals surface area contributed by atoms with Crippen LogP contribution in [0.1, 0.15) is 27.7 Å². The minimum Gasteiger partial charge on any atom is -0.0847 e. The van der Waals surface area contributed by atoms with E-state index in [0.717, 1.165) is 4.48 Å². The van der Waals surface area contributed by atoms with Crippen molar-refractivity contribution in [3.05, 3.63) is 34.9 Å². The summed E-state index contributed by atoms with van der Waals surface area (Å²) < 4.78 is 0.906. The number of halogens is 1. The van der Waals surface area contributed by atoms with Gasteiger partial charge in [-0.05, 0) is 19.9 Å². The first-order chi connectivity index (χ1) is 5.16. The Bertz CT molecular complexity index is 152. The van der Waals surface area contributed by atoms with Crippen LogP contribution in [0.15, 0.2) is 34.9 Å². The van der Waals surface area contributed by atoms with Crippen LogP contribution in [-0.2, 0) is 0 Å². The fourth-order valence-electron chi connectivity index (χ4n) is 0.318. The van der Waals surface area contributed by atoms with Gasteiger partial charge in [-0.25, -0.2) is 0 Å². The first-order valence-corrected chi connectivity index (χ1v) is 4.61. The number of hydrogen-bond acceptors (Lipinski definition) is 0. The Balaban J connectivity index is 0. The predicted octanol–water partition coefficient (Wildman–Crippen LogP) is 4.44. The van der Waals surface area contributed by atoms with Crippen LogP contribution in [-0.4, -0.2) is 0 Å². The molecule has 0 nitrogen and oxygen atoms in total. The SMILES string of the molecule is C=C(Br)/C=C\C(C)=C/C.CC. The van der Waals surface area contributed by atoms with E-state index in [9.17, 15) is 0 Å². The summed E-state index contributed by atoms with van der Waals surface area (Å²) in [6.45, 7) is 11.7. The Morgan fingerprint density at radius 3 is 2.00 bits per heavy atom. The molecule has 0 fully saturated rings. The Kier molecular flexibility index (Phi) is 11.7. The van der Waals surface area contributed by atoms with Crippen molar-refractivity contribution >= 4 is 15.9 Å². The lowest BCUT2D eigenvalue weighted by molar-refractivity contribution is 1.48. The molecule has 0 amide bonds. The van der Waals surface area contributed by atoms with Crippen LogP contribution in [0.4, 0.5) is 0 Å². The van der Waals surface area contributed by atoms with Gasteiger partial charge in [0.15, 0.2) is 0 Å². The molecule has 0 radical (unpaired) electrons. The maximum absolute atomic E-state index is 3.66. The first-order valence-electron chi connectivity index (χ1n) is 3.82. The molecule has 0 atom stereocenters. The molecule has 0 bridgehead atoms. The van der Waals surface area contributed by atoms with Gasteiger partial charge >= 0.3 is 0 Å². The molecule has 0 aliphatic rings. The molecule has 0 N–H and O–H groups in total. The number of hydrogen-bond donors (Lipinski definition) is 0. The van der Waals surface area contributed by atoms with E-state index in [1.807, 2.05) is 45.9 Å². The van der Waals surface area contributed by atoms with Crippen molar-refractivity contribution in [3.63, 3.8) is 0 Å². The van der Waals surface area contributed by atoms with Crippen molar-refractivity contribution < 1.29 is 0 Å². The maximum atomic E-state index is 3.66. The lowest BCUT2D eigenvalue weighted by Gasteiger charge is -1.85. The number of allylic oxidation sites excluding steroid dienone is 5. The first kappa shape index (κ1) is 13.3. The molecule has 0 unspecified atom stereocenters. The maximum Gasteiger partial charge on any atom is 0.0103 e. The van der Waals surface area contributed by atoms with Crippen LogP contribution >= 0.6 is 15.9 Å². The zero-order valence-corrected chi connectivity index (χ0v) is 9.40. The summed E-state index contributed by atoms with van der Waals surface area (Å²) in [5.74, 6) is 0. The zero-order chi connectivity index (χ0) is 9.28. The summed E-state index contributed by atoms with van der Waals surface area (Å²) in [5, 5.41) is 0. The molecule has 0 aliphatic carbocycles. The molecule has 11 heavy (non-hydrogen) atoms. The zero-order valence-electron chi connectivity index (χ0n) is 7.82.